The lowest BCUT2D eigenvalue weighted by Crippen LogP contribution is -2.40. The van der Waals surface area contributed by atoms with Gasteiger partial charge < -0.3 is 20.1 Å². The molecule has 2 rings (SSSR count). The Morgan fingerprint density at radius 3 is 3.19 bits per heavy atom. The van der Waals surface area contributed by atoms with Gasteiger partial charge >= 0.3 is 6.03 Å². The lowest BCUT2D eigenvalue weighted by Gasteiger charge is -2.26. The first kappa shape index (κ1) is 15.6. The fourth-order valence-electron chi connectivity index (χ4n) is 2.67. The lowest BCUT2D eigenvalue weighted by atomic mass is 10.1. The first-order valence-corrected chi connectivity index (χ1v) is 7.45. The highest BCUT2D eigenvalue weighted by Crippen LogP contribution is 2.25. The fourth-order valence-corrected chi connectivity index (χ4v) is 2.67. The molecule has 2 atom stereocenters. The fraction of sp³-hybridized carbons (Fsp3) is 0.600. The molecule has 0 saturated carbocycles. The zero-order chi connectivity index (χ0) is 15.2. The third-order valence-corrected chi connectivity index (χ3v) is 3.54. The van der Waals surface area contributed by atoms with Crippen molar-refractivity contribution in [3.05, 3.63) is 18.3 Å². The smallest absolute Gasteiger partial charge is 0.322 e. The van der Waals surface area contributed by atoms with E-state index < -0.39 is 6.10 Å². The van der Waals surface area contributed by atoms with Crippen LogP contribution in [0.15, 0.2) is 18.3 Å². The summed E-state index contributed by atoms with van der Waals surface area (Å²) in [5.74, 6) is 0.430. The Labute approximate surface area is 125 Å². The number of hydrogen-bond acceptors (Lipinski definition) is 4. The van der Waals surface area contributed by atoms with Crippen molar-refractivity contribution in [2.45, 2.75) is 45.3 Å². The van der Waals surface area contributed by atoms with Crippen LogP contribution in [-0.2, 0) is 0 Å². The number of pyridine rings is 1. The number of likely N-dealkylation sites (tertiary alicyclic amines) is 1. The summed E-state index contributed by atoms with van der Waals surface area (Å²) in [4.78, 5) is 18.3. The molecular formula is C15H23N3O3. The van der Waals surface area contributed by atoms with Gasteiger partial charge in [0.1, 0.15) is 5.69 Å². The minimum atomic E-state index is -0.402. The van der Waals surface area contributed by atoms with E-state index in [0.717, 1.165) is 12.8 Å². The first-order chi connectivity index (χ1) is 10.1. The second kappa shape index (κ2) is 7.26. The van der Waals surface area contributed by atoms with E-state index in [1.54, 1.807) is 30.2 Å². The van der Waals surface area contributed by atoms with Crippen LogP contribution in [0.1, 0.15) is 33.1 Å². The first-order valence-electron chi connectivity index (χ1n) is 7.45. The van der Waals surface area contributed by atoms with E-state index in [1.165, 1.54) is 0 Å². The number of nitrogens with one attached hydrogen (secondary N) is 1. The normalized spacial score (nSPS) is 19.4. The Balaban J connectivity index is 2.04. The molecule has 116 valence electrons. The number of aromatic nitrogens is 1. The monoisotopic (exact) mass is 293 g/mol. The maximum atomic E-state index is 12.4. The molecule has 0 unspecified atom stereocenters. The molecule has 0 aromatic carbocycles. The van der Waals surface area contributed by atoms with Crippen molar-refractivity contribution >= 4 is 11.7 Å². The molecule has 1 saturated heterocycles. The Bertz CT molecular complexity index is 479. The molecule has 1 aromatic rings. The molecule has 1 aliphatic heterocycles. The minimum absolute atomic E-state index is 0.0946. The van der Waals surface area contributed by atoms with Gasteiger partial charge in [-0.2, -0.15) is 0 Å². The number of rotatable bonds is 5. The van der Waals surface area contributed by atoms with Crippen molar-refractivity contribution in [2.24, 2.45) is 0 Å². The maximum Gasteiger partial charge on any atom is 0.322 e. The van der Waals surface area contributed by atoms with E-state index in [2.05, 4.69) is 10.3 Å². The number of aliphatic hydroxyl groups is 1. The van der Waals surface area contributed by atoms with Gasteiger partial charge in [0.2, 0.25) is 5.88 Å². The Morgan fingerprint density at radius 1 is 1.67 bits per heavy atom. The maximum absolute atomic E-state index is 12.4. The Hall–Kier alpha value is -1.82. The van der Waals surface area contributed by atoms with Gasteiger partial charge in [-0.05, 0) is 45.2 Å². The van der Waals surface area contributed by atoms with Crippen molar-refractivity contribution in [2.75, 3.05) is 18.5 Å². The van der Waals surface area contributed by atoms with Crippen LogP contribution >= 0.6 is 0 Å². The average Bonchev–Trinajstić information content (AvgIpc) is 2.88. The molecule has 6 heteroatoms. The number of carbonyl (C=O) groups excluding carboxylic acids is 1. The molecule has 2 heterocycles. The molecule has 2 N–H and O–H groups in total. The predicted molar refractivity (Wildman–Crippen MR) is 80.5 cm³/mol. The van der Waals surface area contributed by atoms with Crippen molar-refractivity contribution in [3.8, 4) is 5.88 Å². The van der Waals surface area contributed by atoms with Gasteiger partial charge in [0.25, 0.3) is 0 Å². The summed E-state index contributed by atoms with van der Waals surface area (Å²) in [5, 5.41) is 12.4. The van der Waals surface area contributed by atoms with Gasteiger partial charge in [-0.25, -0.2) is 9.78 Å². The van der Waals surface area contributed by atoms with Crippen LogP contribution in [0.2, 0.25) is 0 Å². The number of carbonyl (C=O) groups is 1. The topological polar surface area (TPSA) is 74.7 Å². The number of hydrogen-bond donors (Lipinski definition) is 2. The third-order valence-electron chi connectivity index (χ3n) is 3.54. The van der Waals surface area contributed by atoms with Crippen LogP contribution in [-0.4, -0.2) is 46.3 Å². The van der Waals surface area contributed by atoms with E-state index >= 15 is 0 Å². The zero-order valence-electron chi connectivity index (χ0n) is 12.6. The van der Waals surface area contributed by atoms with Crippen LogP contribution in [0.5, 0.6) is 5.88 Å². The molecule has 1 aliphatic rings. The summed E-state index contributed by atoms with van der Waals surface area (Å²) in [7, 11) is 0. The van der Waals surface area contributed by atoms with Gasteiger partial charge in [-0.3, -0.25) is 0 Å². The van der Waals surface area contributed by atoms with Crippen LogP contribution < -0.4 is 10.1 Å². The van der Waals surface area contributed by atoms with E-state index in [1.807, 2.05) is 6.92 Å². The second-order valence-corrected chi connectivity index (χ2v) is 5.29. The van der Waals surface area contributed by atoms with Gasteiger partial charge in [0.05, 0.1) is 12.7 Å². The summed E-state index contributed by atoms with van der Waals surface area (Å²) in [6.07, 6.45) is 3.74. The highest BCUT2D eigenvalue weighted by Gasteiger charge is 2.29. The van der Waals surface area contributed by atoms with E-state index in [4.69, 9.17) is 4.74 Å². The van der Waals surface area contributed by atoms with Gasteiger partial charge in [0.15, 0.2) is 0 Å². The van der Waals surface area contributed by atoms with Crippen LogP contribution in [0.25, 0.3) is 0 Å². The number of ether oxygens (including phenoxy) is 1. The summed E-state index contributed by atoms with van der Waals surface area (Å²) in [5.41, 5.74) is 0.576. The second-order valence-electron chi connectivity index (χ2n) is 5.29. The molecule has 2 amide bonds. The number of anilines is 1. The highest BCUT2D eigenvalue weighted by molar-refractivity contribution is 5.90. The van der Waals surface area contributed by atoms with Crippen molar-refractivity contribution in [3.63, 3.8) is 0 Å². The molecule has 1 aromatic heterocycles. The minimum Gasteiger partial charge on any atom is -0.476 e. The van der Waals surface area contributed by atoms with E-state index in [-0.39, 0.29) is 12.1 Å². The van der Waals surface area contributed by atoms with Crippen LogP contribution in [0.4, 0.5) is 10.5 Å². The van der Waals surface area contributed by atoms with Gasteiger partial charge in [-0.1, -0.05) is 0 Å². The molecule has 6 nitrogen and oxygen atoms in total. The average molecular weight is 293 g/mol. The summed E-state index contributed by atoms with van der Waals surface area (Å²) < 4.78 is 5.41. The van der Waals surface area contributed by atoms with Crippen LogP contribution in [0, 0.1) is 0 Å². The van der Waals surface area contributed by atoms with Gasteiger partial charge in [-0.15, -0.1) is 0 Å². The van der Waals surface area contributed by atoms with E-state index in [0.29, 0.717) is 31.1 Å². The number of aliphatic hydroxyl groups excluding tert-OH is 1. The zero-order valence-corrected chi connectivity index (χ0v) is 12.6. The standard InChI is InChI=1S/C15H23N3O3/c1-3-21-14-13(7-4-8-16-14)17-15(20)18-9-5-6-12(18)10-11(2)19/h4,7-8,11-12,19H,3,5-6,9-10H2,1-2H3,(H,17,20)/t11-,12-/m1/s1. The molecule has 0 spiro atoms. The number of urea groups is 1. The number of amides is 2. The number of nitrogens with zero attached hydrogens (tertiary/aromatic N) is 2. The molecule has 0 bridgehead atoms. The van der Waals surface area contributed by atoms with Crippen molar-refractivity contribution in [1.82, 2.24) is 9.88 Å². The quantitative estimate of drug-likeness (QED) is 0.873. The molecular weight excluding hydrogens is 270 g/mol. The summed E-state index contributed by atoms with van der Waals surface area (Å²) >= 11 is 0. The van der Waals surface area contributed by atoms with E-state index in [9.17, 15) is 9.90 Å². The van der Waals surface area contributed by atoms with Crippen molar-refractivity contribution < 1.29 is 14.6 Å². The van der Waals surface area contributed by atoms with Gasteiger partial charge in [0, 0.05) is 18.8 Å². The molecule has 0 aliphatic carbocycles. The Morgan fingerprint density at radius 2 is 2.48 bits per heavy atom. The third kappa shape index (κ3) is 4.07. The summed E-state index contributed by atoms with van der Waals surface area (Å²) in [6.45, 7) is 4.84. The SMILES string of the molecule is CCOc1ncccc1NC(=O)N1CCC[C@@H]1C[C@@H](C)O. The predicted octanol–water partition coefficient (Wildman–Crippen LogP) is 2.25. The molecule has 0 radical (unpaired) electrons. The lowest BCUT2D eigenvalue weighted by molar-refractivity contribution is 0.142. The Kier molecular flexibility index (Phi) is 5.38. The van der Waals surface area contributed by atoms with Crippen molar-refractivity contribution in [1.29, 1.82) is 0 Å². The summed E-state index contributed by atoms with van der Waals surface area (Å²) in [6, 6.07) is 3.47. The van der Waals surface area contributed by atoms with Crippen LogP contribution in [0.3, 0.4) is 0 Å². The largest absolute Gasteiger partial charge is 0.476 e. The highest BCUT2D eigenvalue weighted by atomic mass is 16.5. The molecule has 21 heavy (non-hydrogen) atoms. The molecule has 1 fully saturated rings.